The lowest BCUT2D eigenvalue weighted by Crippen LogP contribution is -2.18. The first-order chi connectivity index (χ1) is 8.85. The molecule has 0 saturated carbocycles. The Morgan fingerprint density at radius 1 is 1.33 bits per heavy atom. The molecule has 0 spiro atoms. The van der Waals surface area contributed by atoms with E-state index in [1.165, 1.54) is 54.1 Å². The number of thiazole rings is 1. The maximum absolute atomic E-state index is 5.97. The quantitative estimate of drug-likeness (QED) is 0.893. The average Bonchev–Trinajstić information content (AvgIpc) is 3.11. The molecule has 1 aromatic rings. The van der Waals surface area contributed by atoms with Gasteiger partial charge in [0.05, 0.1) is 22.9 Å². The van der Waals surface area contributed by atoms with Gasteiger partial charge in [-0.15, -0.1) is 11.3 Å². The van der Waals surface area contributed by atoms with Crippen molar-refractivity contribution in [3.63, 3.8) is 0 Å². The van der Waals surface area contributed by atoms with Crippen LogP contribution >= 0.6 is 11.3 Å². The van der Waals surface area contributed by atoms with Gasteiger partial charge in [0, 0.05) is 23.3 Å². The zero-order valence-corrected chi connectivity index (χ0v) is 11.4. The molecule has 1 aromatic heterocycles. The molecule has 0 radical (unpaired) electrons. The van der Waals surface area contributed by atoms with Gasteiger partial charge in [-0.3, -0.25) is 0 Å². The van der Waals surface area contributed by atoms with Crippen LogP contribution in [0.15, 0.2) is 0 Å². The number of aromatic nitrogens is 1. The van der Waals surface area contributed by atoms with Gasteiger partial charge < -0.3 is 10.5 Å². The Morgan fingerprint density at radius 2 is 2.28 bits per heavy atom. The number of nitrogens with two attached hydrogens (primary N) is 1. The highest BCUT2D eigenvalue weighted by Crippen LogP contribution is 2.47. The first kappa shape index (κ1) is 11.4. The zero-order valence-electron chi connectivity index (χ0n) is 10.6. The molecule has 4 unspecified atom stereocenters. The summed E-state index contributed by atoms with van der Waals surface area (Å²) in [6.45, 7) is 0.753. The van der Waals surface area contributed by atoms with Crippen LogP contribution in [-0.2, 0) is 11.2 Å². The summed E-state index contributed by atoms with van der Waals surface area (Å²) in [7, 11) is 0. The Balaban J connectivity index is 1.65. The van der Waals surface area contributed by atoms with E-state index in [1.54, 1.807) is 0 Å². The maximum Gasteiger partial charge on any atom is 0.0989 e. The first-order valence-corrected chi connectivity index (χ1v) is 8.02. The molecule has 0 aromatic carbocycles. The molecule has 18 heavy (non-hydrogen) atoms. The number of hydrogen-bond acceptors (Lipinski definition) is 4. The summed E-state index contributed by atoms with van der Waals surface area (Å²) in [5.74, 6) is 1.09. The average molecular weight is 264 g/mol. The third-order valence-corrected chi connectivity index (χ3v) is 6.06. The van der Waals surface area contributed by atoms with Crippen molar-refractivity contribution in [1.29, 1.82) is 0 Å². The van der Waals surface area contributed by atoms with E-state index >= 15 is 0 Å². The van der Waals surface area contributed by atoms with Crippen LogP contribution < -0.4 is 5.73 Å². The van der Waals surface area contributed by atoms with Crippen LogP contribution in [0.25, 0.3) is 0 Å². The maximum atomic E-state index is 5.97. The topological polar surface area (TPSA) is 48.1 Å². The minimum absolute atomic E-state index is 0.457. The monoisotopic (exact) mass is 264 g/mol. The van der Waals surface area contributed by atoms with Crippen LogP contribution in [0.4, 0.5) is 0 Å². The molecule has 0 amide bonds. The number of hydrogen-bond donors (Lipinski definition) is 1. The lowest BCUT2D eigenvalue weighted by atomic mass is 9.89. The Labute approximate surface area is 112 Å². The van der Waals surface area contributed by atoms with Gasteiger partial charge in [-0.05, 0) is 38.5 Å². The van der Waals surface area contributed by atoms with Crippen LogP contribution in [0.2, 0.25) is 0 Å². The highest BCUT2D eigenvalue weighted by atomic mass is 32.1. The molecule has 1 aliphatic carbocycles. The van der Waals surface area contributed by atoms with E-state index in [4.69, 9.17) is 15.5 Å². The van der Waals surface area contributed by atoms with E-state index in [0.29, 0.717) is 24.0 Å². The van der Waals surface area contributed by atoms with Crippen molar-refractivity contribution < 1.29 is 4.74 Å². The van der Waals surface area contributed by atoms with Crippen molar-refractivity contribution in [3.8, 4) is 0 Å². The van der Waals surface area contributed by atoms with E-state index in [1.807, 2.05) is 11.3 Å². The number of rotatable bonds is 2. The summed E-state index contributed by atoms with van der Waals surface area (Å²) in [6, 6.07) is 0. The second-order valence-electron chi connectivity index (χ2n) is 5.90. The molecule has 2 bridgehead atoms. The lowest BCUT2D eigenvalue weighted by molar-refractivity contribution is 0.100. The van der Waals surface area contributed by atoms with Gasteiger partial charge in [0.1, 0.15) is 0 Å². The molecule has 2 N–H and O–H groups in total. The fraction of sp³-hybridized carbons (Fsp3) is 0.786. The molecule has 2 saturated heterocycles. The van der Waals surface area contributed by atoms with Gasteiger partial charge in [0.15, 0.2) is 0 Å². The second kappa shape index (κ2) is 4.29. The SMILES string of the molecule is NCC1CCCc2sc(C3CC4CCC3O4)nc21. The molecule has 3 heterocycles. The third kappa shape index (κ3) is 1.66. The summed E-state index contributed by atoms with van der Waals surface area (Å²) in [6.07, 6.45) is 8.39. The number of aryl methyl sites for hydroxylation is 1. The van der Waals surface area contributed by atoms with Crippen molar-refractivity contribution in [2.45, 2.75) is 62.6 Å². The van der Waals surface area contributed by atoms with Crippen LogP contribution in [0, 0.1) is 0 Å². The van der Waals surface area contributed by atoms with Gasteiger partial charge in [0.2, 0.25) is 0 Å². The standard InChI is InChI=1S/C14H20N2OS/c15-7-8-2-1-3-12-13(8)16-14(18-12)10-6-9-4-5-11(10)17-9/h8-11H,1-7,15H2. The molecular formula is C14H20N2OS. The highest BCUT2D eigenvalue weighted by Gasteiger charge is 2.43. The number of fused-ring (bicyclic) bond motifs is 3. The van der Waals surface area contributed by atoms with Crippen LogP contribution in [0.3, 0.4) is 0 Å². The van der Waals surface area contributed by atoms with Crippen molar-refractivity contribution in [2.24, 2.45) is 5.73 Å². The third-order valence-electron chi connectivity index (χ3n) is 4.79. The van der Waals surface area contributed by atoms with Gasteiger partial charge >= 0.3 is 0 Å². The van der Waals surface area contributed by atoms with E-state index < -0.39 is 0 Å². The molecule has 2 aliphatic heterocycles. The molecular weight excluding hydrogens is 244 g/mol. The van der Waals surface area contributed by atoms with E-state index in [0.717, 1.165) is 6.54 Å². The summed E-state index contributed by atoms with van der Waals surface area (Å²) in [5, 5.41) is 1.34. The van der Waals surface area contributed by atoms with Gasteiger partial charge in [0.25, 0.3) is 0 Å². The second-order valence-corrected chi connectivity index (χ2v) is 7.02. The van der Waals surface area contributed by atoms with Gasteiger partial charge in [-0.2, -0.15) is 0 Å². The normalized spacial score (nSPS) is 38.1. The predicted molar refractivity (Wildman–Crippen MR) is 72.1 cm³/mol. The largest absolute Gasteiger partial charge is 0.374 e. The number of nitrogens with zero attached hydrogens (tertiary/aromatic N) is 1. The van der Waals surface area contributed by atoms with Crippen LogP contribution in [0.5, 0.6) is 0 Å². The Morgan fingerprint density at radius 3 is 3.00 bits per heavy atom. The smallest absolute Gasteiger partial charge is 0.0989 e. The highest BCUT2D eigenvalue weighted by molar-refractivity contribution is 7.11. The molecule has 4 atom stereocenters. The summed E-state index contributed by atoms with van der Waals surface area (Å²) >= 11 is 1.94. The first-order valence-electron chi connectivity index (χ1n) is 7.20. The van der Waals surface area contributed by atoms with Gasteiger partial charge in [-0.1, -0.05) is 0 Å². The molecule has 2 fully saturated rings. The fourth-order valence-electron chi connectivity index (χ4n) is 3.81. The Bertz CT molecular complexity index is 459. The molecule has 3 nitrogen and oxygen atoms in total. The Kier molecular flexibility index (Phi) is 2.71. The van der Waals surface area contributed by atoms with Crippen molar-refractivity contribution in [2.75, 3.05) is 6.54 Å². The van der Waals surface area contributed by atoms with Crippen molar-refractivity contribution >= 4 is 11.3 Å². The number of ether oxygens (including phenoxy) is 1. The van der Waals surface area contributed by atoms with E-state index in [2.05, 4.69) is 0 Å². The molecule has 3 aliphatic rings. The summed E-state index contributed by atoms with van der Waals surface area (Å²) < 4.78 is 5.97. The summed E-state index contributed by atoms with van der Waals surface area (Å²) in [5.41, 5.74) is 7.21. The zero-order chi connectivity index (χ0) is 12.1. The van der Waals surface area contributed by atoms with E-state index in [-0.39, 0.29) is 0 Å². The molecule has 4 rings (SSSR count). The minimum atomic E-state index is 0.457. The van der Waals surface area contributed by atoms with Gasteiger partial charge in [-0.25, -0.2) is 4.98 Å². The summed E-state index contributed by atoms with van der Waals surface area (Å²) in [4.78, 5) is 6.47. The fourth-order valence-corrected chi connectivity index (χ4v) is 5.17. The van der Waals surface area contributed by atoms with Crippen molar-refractivity contribution in [1.82, 2.24) is 4.98 Å². The lowest BCUT2D eigenvalue weighted by Gasteiger charge is -2.19. The van der Waals surface area contributed by atoms with Crippen LogP contribution in [-0.4, -0.2) is 23.7 Å². The Hall–Kier alpha value is -0.450. The van der Waals surface area contributed by atoms with Crippen LogP contribution in [0.1, 0.15) is 59.5 Å². The predicted octanol–water partition coefficient (Wildman–Crippen LogP) is 2.56. The van der Waals surface area contributed by atoms with E-state index in [9.17, 15) is 0 Å². The minimum Gasteiger partial charge on any atom is -0.374 e. The molecule has 98 valence electrons. The van der Waals surface area contributed by atoms with Crippen molar-refractivity contribution in [3.05, 3.63) is 15.6 Å². The molecule has 4 heteroatoms.